The Morgan fingerprint density at radius 1 is 1.14 bits per heavy atom. The number of amides is 1. The van der Waals surface area contributed by atoms with Crippen LogP contribution in [0.1, 0.15) is 58.4 Å². The van der Waals surface area contributed by atoms with E-state index in [4.69, 9.17) is 0 Å². The topological polar surface area (TPSA) is 29.1 Å². The first-order chi connectivity index (χ1) is 10.2. The first-order valence-electron chi connectivity index (χ1n) is 7.67. The molecule has 5 heteroatoms. The smallest absolute Gasteiger partial charge is 0.321 e. The van der Waals surface area contributed by atoms with Crippen LogP contribution in [0.15, 0.2) is 18.2 Å². The summed E-state index contributed by atoms with van der Waals surface area (Å²) in [6.07, 6.45) is 7.01. The third kappa shape index (κ3) is 8.70. The number of carbonyl (C=O) groups is 1. The number of halogens is 3. The highest BCUT2D eigenvalue weighted by Gasteiger charge is 2.32. The molecule has 0 saturated carbocycles. The van der Waals surface area contributed by atoms with Crippen LogP contribution in [-0.2, 0) is 4.79 Å². The molecule has 0 aromatic heterocycles. The number of hydrogen-bond acceptors (Lipinski definition) is 1. The van der Waals surface area contributed by atoms with E-state index >= 15 is 0 Å². The summed E-state index contributed by atoms with van der Waals surface area (Å²) in [5, 5.41) is 1.99. The van der Waals surface area contributed by atoms with E-state index in [0.29, 0.717) is 6.92 Å². The maximum atomic E-state index is 12.8. The number of alkyl halides is 2. The molecule has 0 fully saturated rings. The Bertz CT molecular complexity index is 452. The van der Waals surface area contributed by atoms with E-state index in [1.165, 1.54) is 51.2 Å². The average molecular weight is 317 g/mol. The Balaban J connectivity index is 0.000000534. The minimum absolute atomic E-state index is 0.153. The molecule has 1 rings (SSSR count). The van der Waals surface area contributed by atoms with Crippen LogP contribution in [0.2, 0.25) is 0 Å². The third-order valence-electron chi connectivity index (χ3n) is 3.02. The van der Waals surface area contributed by atoms with Gasteiger partial charge in [0.2, 0.25) is 0 Å². The van der Waals surface area contributed by atoms with Crippen molar-refractivity contribution >= 4 is 11.6 Å². The quantitative estimate of drug-likeness (QED) is 0.669. The van der Waals surface area contributed by atoms with Gasteiger partial charge in [0.1, 0.15) is 5.82 Å². The number of aryl methyl sites for hydroxylation is 1. The van der Waals surface area contributed by atoms with E-state index in [9.17, 15) is 18.0 Å². The Hall–Kier alpha value is -1.52. The van der Waals surface area contributed by atoms with Crippen LogP contribution >= 0.6 is 0 Å². The molecule has 126 valence electrons. The Labute approximate surface area is 131 Å². The summed E-state index contributed by atoms with van der Waals surface area (Å²) in [7, 11) is 0. The molecule has 1 aromatic carbocycles. The fourth-order valence-corrected chi connectivity index (χ4v) is 1.64. The van der Waals surface area contributed by atoms with E-state index in [0.717, 1.165) is 6.07 Å². The average Bonchev–Trinajstić information content (AvgIpc) is 2.43. The second-order valence-corrected chi connectivity index (χ2v) is 5.37. The fourth-order valence-electron chi connectivity index (χ4n) is 1.64. The summed E-state index contributed by atoms with van der Waals surface area (Å²) in [6.45, 7) is 6.47. The molecule has 1 amide bonds. The molecule has 1 N–H and O–H groups in total. The van der Waals surface area contributed by atoms with Crippen LogP contribution in [0.3, 0.4) is 0 Å². The van der Waals surface area contributed by atoms with Crippen LogP contribution in [0.4, 0.5) is 18.9 Å². The summed E-state index contributed by atoms with van der Waals surface area (Å²) in [4.78, 5) is 10.9. The van der Waals surface area contributed by atoms with Gasteiger partial charge in [0.15, 0.2) is 0 Å². The summed E-state index contributed by atoms with van der Waals surface area (Å²) in [5.41, 5.74) is 0.438. The molecule has 0 spiro atoms. The van der Waals surface area contributed by atoms with E-state index in [2.05, 4.69) is 13.8 Å². The Kier molecular flexibility index (Phi) is 9.54. The van der Waals surface area contributed by atoms with Gasteiger partial charge in [-0.05, 0) is 30.7 Å². The third-order valence-corrected chi connectivity index (χ3v) is 3.02. The van der Waals surface area contributed by atoms with E-state index in [1.807, 2.05) is 5.32 Å². The zero-order chi connectivity index (χ0) is 17.2. The summed E-state index contributed by atoms with van der Waals surface area (Å²) < 4.78 is 37.8. The highest BCUT2D eigenvalue weighted by Crippen LogP contribution is 2.18. The molecule has 2 nitrogen and oxygen atoms in total. The molecule has 0 atom stereocenters. The zero-order valence-electron chi connectivity index (χ0n) is 13.8. The lowest BCUT2D eigenvalue weighted by Crippen LogP contribution is -2.31. The van der Waals surface area contributed by atoms with Crippen molar-refractivity contribution in [3.63, 3.8) is 0 Å². The largest absolute Gasteiger partial charge is 0.322 e. The van der Waals surface area contributed by atoms with Gasteiger partial charge in [0, 0.05) is 12.6 Å². The van der Waals surface area contributed by atoms with Crippen LogP contribution in [0, 0.1) is 12.7 Å². The van der Waals surface area contributed by atoms with E-state index < -0.39 is 17.6 Å². The van der Waals surface area contributed by atoms with Crippen molar-refractivity contribution in [2.75, 3.05) is 5.32 Å². The van der Waals surface area contributed by atoms with Gasteiger partial charge in [0.05, 0.1) is 0 Å². The van der Waals surface area contributed by atoms with Gasteiger partial charge in [-0.1, -0.05) is 46.0 Å². The lowest BCUT2D eigenvalue weighted by Gasteiger charge is -2.11. The predicted molar refractivity (Wildman–Crippen MR) is 84.8 cm³/mol. The second kappa shape index (κ2) is 10.2. The molecule has 0 bridgehead atoms. The SMILES string of the molecule is CCCCCCC.Cc1cc(NC(=O)C(C)(F)F)ccc1F. The molecule has 0 aliphatic rings. The van der Waals surface area contributed by atoms with Crippen molar-refractivity contribution in [1.82, 2.24) is 0 Å². The van der Waals surface area contributed by atoms with Gasteiger partial charge in [-0.2, -0.15) is 8.78 Å². The van der Waals surface area contributed by atoms with Crippen LogP contribution in [-0.4, -0.2) is 11.8 Å². The van der Waals surface area contributed by atoms with E-state index in [-0.39, 0.29) is 11.3 Å². The molecule has 0 aliphatic heterocycles. The summed E-state index contributed by atoms with van der Waals surface area (Å²) >= 11 is 0. The summed E-state index contributed by atoms with van der Waals surface area (Å²) in [5.74, 6) is -5.30. The van der Waals surface area contributed by atoms with Gasteiger partial charge in [-0.3, -0.25) is 4.79 Å². The summed E-state index contributed by atoms with van der Waals surface area (Å²) in [6, 6.07) is 3.63. The van der Waals surface area contributed by atoms with Crippen molar-refractivity contribution in [3.05, 3.63) is 29.6 Å². The lowest BCUT2D eigenvalue weighted by molar-refractivity contribution is -0.137. The molecule has 0 radical (unpaired) electrons. The van der Waals surface area contributed by atoms with Gasteiger partial charge >= 0.3 is 5.92 Å². The number of hydrogen-bond donors (Lipinski definition) is 1. The first kappa shape index (κ1) is 20.5. The first-order valence-corrected chi connectivity index (χ1v) is 7.67. The molecule has 0 heterocycles. The van der Waals surface area contributed by atoms with Crippen molar-refractivity contribution in [3.8, 4) is 0 Å². The number of carbonyl (C=O) groups excluding carboxylic acids is 1. The molecular weight excluding hydrogens is 291 g/mol. The monoisotopic (exact) mass is 317 g/mol. The Morgan fingerprint density at radius 2 is 1.68 bits per heavy atom. The predicted octanol–water partition coefficient (Wildman–Crippen LogP) is 5.70. The molecule has 0 saturated heterocycles. The minimum atomic E-state index is -3.44. The fraction of sp³-hybridized carbons (Fsp3) is 0.588. The van der Waals surface area contributed by atoms with Gasteiger partial charge in [0.25, 0.3) is 5.91 Å². The number of unbranched alkanes of at least 4 members (excludes halogenated alkanes) is 4. The maximum absolute atomic E-state index is 12.8. The molecular formula is C17H26F3NO. The molecule has 0 unspecified atom stereocenters. The van der Waals surface area contributed by atoms with Gasteiger partial charge in [-0.15, -0.1) is 0 Å². The minimum Gasteiger partial charge on any atom is -0.321 e. The number of benzene rings is 1. The van der Waals surface area contributed by atoms with Gasteiger partial charge in [-0.25, -0.2) is 4.39 Å². The Morgan fingerprint density at radius 3 is 2.09 bits per heavy atom. The van der Waals surface area contributed by atoms with E-state index in [1.54, 1.807) is 0 Å². The standard InChI is InChI=1S/C10H10F3NO.C7H16/c1-6-5-7(3-4-8(6)11)14-9(15)10(2,12)13;1-3-5-7-6-4-2/h3-5H,1-2H3,(H,14,15);3-7H2,1-2H3. The van der Waals surface area contributed by atoms with Crippen LogP contribution < -0.4 is 5.32 Å². The zero-order valence-corrected chi connectivity index (χ0v) is 13.8. The van der Waals surface area contributed by atoms with Crippen molar-refractivity contribution in [1.29, 1.82) is 0 Å². The van der Waals surface area contributed by atoms with Crippen molar-refractivity contribution in [2.24, 2.45) is 0 Å². The van der Waals surface area contributed by atoms with Crippen LogP contribution in [0.5, 0.6) is 0 Å². The van der Waals surface area contributed by atoms with Crippen LogP contribution in [0.25, 0.3) is 0 Å². The molecule has 1 aromatic rings. The molecule has 0 aliphatic carbocycles. The van der Waals surface area contributed by atoms with Crippen molar-refractivity contribution < 1.29 is 18.0 Å². The second-order valence-electron chi connectivity index (χ2n) is 5.37. The normalized spacial score (nSPS) is 10.7. The van der Waals surface area contributed by atoms with Crippen molar-refractivity contribution in [2.45, 2.75) is 65.7 Å². The number of anilines is 1. The number of nitrogens with one attached hydrogen (secondary N) is 1. The number of rotatable bonds is 6. The van der Waals surface area contributed by atoms with Gasteiger partial charge < -0.3 is 5.32 Å². The highest BCUT2D eigenvalue weighted by molar-refractivity contribution is 5.95. The lowest BCUT2D eigenvalue weighted by atomic mass is 10.2. The molecule has 22 heavy (non-hydrogen) atoms. The maximum Gasteiger partial charge on any atom is 0.322 e. The highest BCUT2D eigenvalue weighted by atomic mass is 19.3.